The summed E-state index contributed by atoms with van der Waals surface area (Å²) in [6.45, 7) is 2.28. The second-order valence-corrected chi connectivity index (χ2v) is 4.40. The molecule has 0 spiro atoms. The molecule has 0 amide bonds. The lowest BCUT2D eigenvalue weighted by atomic mass is 9.89. The molecule has 0 radical (unpaired) electrons. The monoisotopic (exact) mass is 203 g/mol. The van der Waals surface area contributed by atoms with Gasteiger partial charge in [-0.15, -0.1) is 0 Å². The van der Waals surface area contributed by atoms with Gasteiger partial charge in [-0.3, -0.25) is 4.99 Å². The van der Waals surface area contributed by atoms with Gasteiger partial charge in [-0.05, 0) is 55.9 Å². The lowest BCUT2D eigenvalue weighted by Gasteiger charge is -2.19. The van der Waals surface area contributed by atoms with Gasteiger partial charge in [0.05, 0.1) is 5.69 Å². The van der Waals surface area contributed by atoms with Gasteiger partial charge in [-0.1, -0.05) is 6.92 Å². The maximum absolute atomic E-state index is 9.16. The third-order valence-electron chi connectivity index (χ3n) is 2.88. The number of aliphatic imine (C=N–C) groups is 1. The Kier molecular flexibility index (Phi) is 3.05. The largest absolute Gasteiger partial charge is 0.508 e. The van der Waals surface area contributed by atoms with Crippen LogP contribution in [0.15, 0.2) is 29.3 Å². The summed E-state index contributed by atoms with van der Waals surface area (Å²) in [6.07, 6.45) is 4.85. The molecular formula is C13H17NO. The summed E-state index contributed by atoms with van der Waals surface area (Å²) in [5.41, 5.74) is 2.26. The van der Waals surface area contributed by atoms with Gasteiger partial charge in [0.25, 0.3) is 0 Å². The number of nitrogens with zero attached hydrogens (tertiary/aromatic N) is 1. The highest BCUT2D eigenvalue weighted by Gasteiger charge is 2.13. The standard InChI is InChI=1S/C13H17NO/c1-10-3-2-4-12(9-10)14-11-5-7-13(15)8-6-11/h5-8,10,15H,2-4,9H2,1H3. The minimum Gasteiger partial charge on any atom is -0.508 e. The number of hydrogen-bond donors (Lipinski definition) is 1. The van der Waals surface area contributed by atoms with Gasteiger partial charge in [-0.25, -0.2) is 0 Å². The molecule has 0 heterocycles. The Balaban J connectivity index is 2.11. The van der Waals surface area contributed by atoms with Crippen molar-refractivity contribution in [2.45, 2.75) is 32.6 Å². The highest BCUT2D eigenvalue weighted by Crippen LogP contribution is 2.24. The van der Waals surface area contributed by atoms with Crippen LogP contribution in [0.1, 0.15) is 32.6 Å². The lowest BCUT2D eigenvalue weighted by Crippen LogP contribution is -2.12. The number of phenolic OH excluding ortho intramolecular Hbond substituents is 1. The Morgan fingerprint density at radius 3 is 2.67 bits per heavy atom. The van der Waals surface area contributed by atoms with Gasteiger partial charge < -0.3 is 5.11 Å². The molecule has 0 saturated heterocycles. The Labute approximate surface area is 90.7 Å². The fourth-order valence-corrected chi connectivity index (χ4v) is 2.07. The molecule has 1 N–H and O–H groups in total. The summed E-state index contributed by atoms with van der Waals surface area (Å²) in [5.74, 6) is 1.07. The van der Waals surface area contributed by atoms with E-state index in [1.807, 2.05) is 12.1 Å². The van der Waals surface area contributed by atoms with E-state index in [-0.39, 0.29) is 0 Å². The van der Waals surface area contributed by atoms with E-state index in [2.05, 4.69) is 11.9 Å². The minimum absolute atomic E-state index is 0.302. The first kappa shape index (κ1) is 10.2. The van der Waals surface area contributed by atoms with Crippen LogP contribution in [-0.4, -0.2) is 10.8 Å². The van der Waals surface area contributed by atoms with Crippen LogP contribution in [-0.2, 0) is 0 Å². The zero-order valence-corrected chi connectivity index (χ0v) is 9.11. The van der Waals surface area contributed by atoms with Crippen molar-refractivity contribution in [1.82, 2.24) is 0 Å². The number of benzene rings is 1. The van der Waals surface area contributed by atoms with Gasteiger partial charge in [0.1, 0.15) is 5.75 Å². The molecule has 1 unspecified atom stereocenters. The molecule has 2 rings (SSSR count). The molecule has 1 aromatic rings. The number of phenols is 1. The molecule has 1 aliphatic rings. The Morgan fingerprint density at radius 2 is 2.00 bits per heavy atom. The summed E-state index contributed by atoms with van der Waals surface area (Å²) in [7, 11) is 0. The molecule has 1 atom stereocenters. The van der Waals surface area contributed by atoms with Crippen LogP contribution >= 0.6 is 0 Å². The molecule has 1 aromatic carbocycles. The van der Waals surface area contributed by atoms with E-state index >= 15 is 0 Å². The zero-order chi connectivity index (χ0) is 10.7. The number of rotatable bonds is 1. The minimum atomic E-state index is 0.302. The molecule has 80 valence electrons. The van der Waals surface area contributed by atoms with E-state index in [9.17, 15) is 0 Å². The summed E-state index contributed by atoms with van der Waals surface area (Å²) in [4.78, 5) is 4.62. The maximum atomic E-state index is 9.16. The van der Waals surface area contributed by atoms with E-state index in [0.717, 1.165) is 24.4 Å². The molecule has 2 heteroatoms. The maximum Gasteiger partial charge on any atom is 0.115 e. The van der Waals surface area contributed by atoms with Crippen molar-refractivity contribution in [2.75, 3.05) is 0 Å². The molecule has 0 aliphatic heterocycles. The van der Waals surface area contributed by atoms with Crippen molar-refractivity contribution in [3.8, 4) is 5.75 Å². The fourth-order valence-electron chi connectivity index (χ4n) is 2.07. The van der Waals surface area contributed by atoms with Crippen molar-refractivity contribution in [3.05, 3.63) is 24.3 Å². The molecule has 15 heavy (non-hydrogen) atoms. The molecule has 0 bridgehead atoms. The first-order valence-electron chi connectivity index (χ1n) is 5.59. The molecule has 2 nitrogen and oxygen atoms in total. The summed E-state index contributed by atoms with van der Waals surface area (Å²) in [6, 6.07) is 7.10. The second kappa shape index (κ2) is 4.47. The predicted octanol–water partition coefficient (Wildman–Crippen LogP) is 3.67. The van der Waals surface area contributed by atoms with Crippen molar-refractivity contribution >= 4 is 11.4 Å². The summed E-state index contributed by atoms with van der Waals surface area (Å²) in [5, 5.41) is 9.16. The van der Waals surface area contributed by atoms with E-state index in [4.69, 9.17) is 5.11 Å². The van der Waals surface area contributed by atoms with Crippen LogP contribution < -0.4 is 0 Å². The second-order valence-electron chi connectivity index (χ2n) is 4.40. The van der Waals surface area contributed by atoms with Gasteiger partial charge in [0.2, 0.25) is 0 Å². The average molecular weight is 203 g/mol. The Bertz CT molecular complexity index is 353. The van der Waals surface area contributed by atoms with E-state index in [1.165, 1.54) is 18.6 Å². The number of aromatic hydroxyl groups is 1. The topological polar surface area (TPSA) is 32.6 Å². The van der Waals surface area contributed by atoms with E-state index < -0.39 is 0 Å². The molecule has 1 saturated carbocycles. The molecule has 0 aromatic heterocycles. The van der Waals surface area contributed by atoms with Gasteiger partial charge in [-0.2, -0.15) is 0 Å². The zero-order valence-electron chi connectivity index (χ0n) is 9.11. The van der Waals surface area contributed by atoms with Gasteiger partial charge in [0.15, 0.2) is 0 Å². The van der Waals surface area contributed by atoms with Crippen molar-refractivity contribution in [1.29, 1.82) is 0 Å². The Morgan fingerprint density at radius 1 is 1.27 bits per heavy atom. The van der Waals surface area contributed by atoms with Crippen LogP contribution in [0.5, 0.6) is 5.75 Å². The lowest BCUT2D eigenvalue weighted by molar-refractivity contribution is 0.475. The van der Waals surface area contributed by atoms with Crippen molar-refractivity contribution < 1.29 is 5.11 Å². The van der Waals surface area contributed by atoms with E-state index in [0.29, 0.717) is 5.75 Å². The molecule has 1 fully saturated rings. The smallest absolute Gasteiger partial charge is 0.115 e. The quantitative estimate of drug-likeness (QED) is 0.742. The third kappa shape index (κ3) is 2.82. The first-order valence-corrected chi connectivity index (χ1v) is 5.59. The predicted molar refractivity (Wildman–Crippen MR) is 62.8 cm³/mol. The summed E-state index contributed by atoms with van der Waals surface area (Å²) >= 11 is 0. The molecule has 1 aliphatic carbocycles. The van der Waals surface area contributed by atoms with E-state index in [1.54, 1.807) is 12.1 Å². The average Bonchev–Trinajstić information content (AvgIpc) is 2.22. The van der Waals surface area contributed by atoms with Gasteiger partial charge in [0, 0.05) is 5.71 Å². The van der Waals surface area contributed by atoms with Crippen LogP contribution in [0.4, 0.5) is 5.69 Å². The van der Waals surface area contributed by atoms with Crippen LogP contribution in [0.25, 0.3) is 0 Å². The first-order chi connectivity index (χ1) is 7.24. The number of hydrogen-bond acceptors (Lipinski definition) is 2. The third-order valence-corrected chi connectivity index (χ3v) is 2.88. The molecular weight excluding hydrogens is 186 g/mol. The fraction of sp³-hybridized carbons (Fsp3) is 0.462. The highest BCUT2D eigenvalue weighted by atomic mass is 16.3. The summed E-state index contributed by atoms with van der Waals surface area (Å²) < 4.78 is 0. The Hall–Kier alpha value is -1.31. The van der Waals surface area contributed by atoms with Gasteiger partial charge >= 0.3 is 0 Å². The van der Waals surface area contributed by atoms with Crippen LogP contribution in [0.2, 0.25) is 0 Å². The van der Waals surface area contributed by atoms with Crippen LogP contribution in [0, 0.1) is 5.92 Å². The van der Waals surface area contributed by atoms with Crippen LogP contribution in [0.3, 0.4) is 0 Å². The normalized spacial score (nSPS) is 24.3. The SMILES string of the molecule is CC1CCCC(=Nc2ccc(O)cc2)C1. The van der Waals surface area contributed by atoms with Crippen molar-refractivity contribution in [2.24, 2.45) is 10.9 Å². The highest BCUT2D eigenvalue weighted by molar-refractivity contribution is 5.87. The van der Waals surface area contributed by atoms with Crippen molar-refractivity contribution in [3.63, 3.8) is 0 Å².